The molecule has 6 heteroatoms. The zero-order valence-electron chi connectivity index (χ0n) is 6.97. The van der Waals surface area contributed by atoms with E-state index in [1.807, 2.05) is 0 Å². The normalized spacial score (nSPS) is 12.0. The van der Waals surface area contributed by atoms with Crippen LogP contribution in [0.2, 0.25) is 0 Å². The molecular formula is C7H9F3N2O. The Morgan fingerprint density at radius 2 is 2.15 bits per heavy atom. The molecule has 0 fully saturated rings. The fourth-order valence-electron chi connectivity index (χ4n) is 0.922. The third-order valence-electron chi connectivity index (χ3n) is 1.48. The highest BCUT2D eigenvalue weighted by molar-refractivity contribution is 5.16. The number of alkyl halides is 3. The van der Waals surface area contributed by atoms with E-state index in [0.717, 1.165) is 4.68 Å². The van der Waals surface area contributed by atoms with Crippen LogP contribution in [0.1, 0.15) is 19.0 Å². The van der Waals surface area contributed by atoms with Gasteiger partial charge in [0.05, 0.1) is 0 Å². The topological polar surface area (TPSA) is 38.0 Å². The second kappa shape index (κ2) is 3.27. The summed E-state index contributed by atoms with van der Waals surface area (Å²) in [6.45, 7) is 2.07. The maximum absolute atomic E-state index is 12.0. The van der Waals surface area contributed by atoms with Gasteiger partial charge in [0, 0.05) is 12.6 Å². The number of hydrogen-bond donors (Lipinski definition) is 1. The molecule has 0 atom stereocenters. The maximum atomic E-state index is 12.0. The summed E-state index contributed by atoms with van der Waals surface area (Å²) in [5.41, 5.74) is -1.06. The summed E-state index contributed by atoms with van der Waals surface area (Å²) < 4.78 is 37.0. The molecule has 74 valence electrons. The van der Waals surface area contributed by atoms with E-state index in [1.54, 1.807) is 6.92 Å². The van der Waals surface area contributed by atoms with Gasteiger partial charge in [-0.15, -0.1) is 0 Å². The first kappa shape index (κ1) is 9.88. The minimum atomic E-state index is -4.49. The van der Waals surface area contributed by atoms with Crippen molar-refractivity contribution in [2.75, 3.05) is 0 Å². The van der Waals surface area contributed by atoms with Gasteiger partial charge in [-0.25, -0.2) is 4.68 Å². The number of aryl methyl sites for hydroxylation is 1. The highest BCUT2D eigenvalue weighted by Crippen LogP contribution is 2.30. The van der Waals surface area contributed by atoms with E-state index in [9.17, 15) is 13.2 Å². The molecule has 0 saturated heterocycles. The average Bonchev–Trinajstić information content (AvgIpc) is 2.32. The van der Waals surface area contributed by atoms with Crippen molar-refractivity contribution in [1.29, 1.82) is 0 Å². The van der Waals surface area contributed by atoms with Crippen molar-refractivity contribution >= 4 is 0 Å². The lowest BCUT2D eigenvalue weighted by Crippen LogP contribution is -2.07. The minimum absolute atomic E-state index is 0.280. The van der Waals surface area contributed by atoms with Crippen molar-refractivity contribution < 1.29 is 18.3 Å². The molecule has 0 unspecified atom stereocenters. The molecule has 0 bridgehead atoms. The summed E-state index contributed by atoms with van der Waals surface area (Å²) in [7, 11) is 0. The number of rotatable bonds is 2. The first-order chi connectivity index (χ1) is 5.95. The van der Waals surface area contributed by atoms with Gasteiger partial charge in [-0.05, 0) is 6.42 Å². The van der Waals surface area contributed by atoms with E-state index in [-0.39, 0.29) is 6.54 Å². The SMILES string of the molecule is CCCn1nc(C(F)(F)F)cc1O. The van der Waals surface area contributed by atoms with Crippen LogP contribution in [0.15, 0.2) is 6.07 Å². The lowest BCUT2D eigenvalue weighted by atomic mass is 10.4. The predicted octanol–water partition coefficient (Wildman–Crippen LogP) is 2.02. The molecule has 1 aromatic rings. The van der Waals surface area contributed by atoms with Crippen LogP contribution < -0.4 is 0 Å². The van der Waals surface area contributed by atoms with E-state index >= 15 is 0 Å². The molecule has 1 heterocycles. The van der Waals surface area contributed by atoms with E-state index < -0.39 is 17.8 Å². The lowest BCUT2D eigenvalue weighted by molar-refractivity contribution is -0.141. The summed E-state index contributed by atoms with van der Waals surface area (Å²) in [5.74, 6) is -0.450. The zero-order valence-corrected chi connectivity index (χ0v) is 6.97. The van der Waals surface area contributed by atoms with Crippen molar-refractivity contribution in [1.82, 2.24) is 9.78 Å². The maximum Gasteiger partial charge on any atom is 0.435 e. The Kier molecular flexibility index (Phi) is 2.49. The molecule has 13 heavy (non-hydrogen) atoms. The molecule has 1 N–H and O–H groups in total. The monoisotopic (exact) mass is 194 g/mol. The molecule has 0 amide bonds. The van der Waals surface area contributed by atoms with Gasteiger partial charge in [-0.1, -0.05) is 6.92 Å². The van der Waals surface area contributed by atoms with Crippen LogP contribution in [0.25, 0.3) is 0 Å². The number of aromatic hydroxyl groups is 1. The third kappa shape index (κ3) is 2.13. The van der Waals surface area contributed by atoms with Gasteiger partial charge < -0.3 is 5.11 Å². The Hall–Kier alpha value is -1.20. The quantitative estimate of drug-likeness (QED) is 0.782. The Labute approximate surface area is 72.8 Å². The zero-order chi connectivity index (χ0) is 10.1. The number of nitrogens with zero attached hydrogens (tertiary/aromatic N) is 2. The standard InChI is InChI=1S/C7H9F3N2O/c1-2-3-12-6(13)4-5(11-12)7(8,9)10/h4,13H,2-3H2,1H3. The van der Waals surface area contributed by atoms with E-state index in [4.69, 9.17) is 5.11 Å². The van der Waals surface area contributed by atoms with Crippen LogP contribution >= 0.6 is 0 Å². The van der Waals surface area contributed by atoms with E-state index in [2.05, 4.69) is 5.10 Å². The number of aromatic nitrogens is 2. The Morgan fingerprint density at radius 1 is 1.54 bits per heavy atom. The first-order valence-electron chi connectivity index (χ1n) is 3.79. The highest BCUT2D eigenvalue weighted by atomic mass is 19.4. The molecule has 0 aliphatic carbocycles. The largest absolute Gasteiger partial charge is 0.493 e. The lowest BCUT2D eigenvalue weighted by Gasteiger charge is -2.00. The summed E-state index contributed by atoms with van der Waals surface area (Å²) >= 11 is 0. The van der Waals surface area contributed by atoms with Crippen LogP contribution in [-0.2, 0) is 12.7 Å². The third-order valence-corrected chi connectivity index (χ3v) is 1.48. The van der Waals surface area contributed by atoms with Gasteiger partial charge in [-0.2, -0.15) is 18.3 Å². The minimum Gasteiger partial charge on any atom is -0.493 e. The van der Waals surface area contributed by atoms with Gasteiger partial charge in [-0.3, -0.25) is 0 Å². The Bertz CT molecular complexity index is 292. The summed E-state index contributed by atoms with van der Waals surface area (Å²) in [4.78, 5) is 0. The molecule has 0 aliphatic rings. The van der Waals surface area contributed by atoms with Crippen LogP contribution in [0.4, 0.5) is 13.2 Å². The van der Waals surface area contributed by atoms with Crippen molar-refractivity contribution in [3.63, 3.8) is 0 Å². The van der Waals surface area contributed by atoms with Crippen LogP contribution in [0.5, 0.6) is 5.88 Å². The fourth-order valence-corrected chi connectivity index (χ4v) is 0.922. The summed E-state index contributed by atoms with van der Waals surface area (Å²) in [6, 6.07) is 0.621. The summed E-state index contributed by atoms with van der Waals surface area (Å²) in [6.07, 6.45) is -3.87. The van der Waals surface area contributed by atoms with Crippen LogP contribution in [-0.4, -0.2) is 14.9 Å². The Balaban J connectivity index is 2.95. The second-order valence-electron chi connectivity index (χ2n) is 2.61. The van der Waals surface area contributed by atoms with Gasteiger partial charge in [0.2, 0.25) is 5.88 Å². The Morgan fingerprint density at radius 3 is 2.54 bits per heavy atom. The smallest absolute Gasteiger partial charge is 0.435 e. The van der Waals surface area contributed by atoms with E-state index in [1.165, 1.54) is 0 Å². The molecular weight excluding hydrogens is 185 g/mol. The second-order valence-corrected chi connectivity index (χ2v) is 2.61. The van der Waals surface area contributed by atoms with Gasteiger partial charge in [0.25, 0.3) is 0 Å². The van der Waals surface area contributed by atoms with Gasteiger partial charge >= 0.3 is 6.18 Å². The van der Waals surface area contributed by atoms with Gasteiger partial charge in [0.15, 0.2) is 5.69 Å². The number of hydrogen-bond acceptors (Lipinski definition) is 2. The van der Waals surface area contributed by atoms with E-state index in [0.29, 0.717) is 12.5 Å². The molecule has 0 radical (unpaired) electrons. The molecule has 1 rings (SSSR count). The van der Waals surface area contributed by atoms with Crippen molar-refractivity contribution in [2.45, 2.75) is 26.1 Å². The predicted molar refractivity (Wildman–Crippen MR) is 39.2 cm³/mol. The molecule has 3 nitrogen and oxygen atoms in total. The summed E-state index contributed by atoms with van der Waals surface area (Å²) in [5, 5.41) is 12.2. The molecule has 0 aliphatic heterocycles. The van der Waals surface area contributed by atoms with Crippen LogP contribution in [0.3, 0.4) is 0 Å². The fraction of sp³-hybridized carbons (Fsp3) is 0.571. The van der Waals surface area contributed by atoms with Crippen molar-refractivity contribution in [2.24, 2.45) is 0 Å². The highest BCUT2D eigenvalue weighted by Gasteiger charge is 2.34. The first-order valence-corrected chi connectivity index (χ1v) is 3.79. The van der Waals surface area contributed by atoms with Crippen LogP contribution in [0, 0.1) is 0 Å². The van der Waals surface area contributed by atoms with Gasteiger partial charge in [0.1, 0.15) is 0 Å². The average molecular weight is 194 g/mol. The molecule has 1 aromatic heterocycles. The molecule has 0 spiro atoms. The number of halogens is 3. The van der Waals surface area contributed by atoms with Crippen molar-refractivity contribution in [3.05, 3.63) is 11.8 Å². The van der Waals surface area contributed by atoms with Crippen molar-refractivity contribution in [3.8, 4) is 5.88 Å². The molecule has 0 saturated carbocycles. The molecule has 0 aromatic carbocycles.